The first-order valence-corrected chi connectivity index (χ1v) is 3.81. The lowest BCUT2D eigenvalue weighted by Crippen LogP contribution is -1.99. The number of tetrazole rings is 1. The van der Waals surface area contributed by atoms with E-state index >= 15 is 0 Å². The van der Waals surface area contributed by atoms with Crippen molar-refractivity contribution in [2.24, 2.45) is 5.73 Å². The van der Waals surface area contributed by atoms with E-state index in [0.717, 1.165) is 5.69 Å². The summed E-state index contributed by atoms with van der Waals surface area (Å²) in [6, 6.07) is 0. The Bertz CT molecular complexity index is 362. The van der Waals surface area contributed by atoms with Crippen molar-refractivity contribution < 1.29 is 0 Å². The van der Waals surface area contributed by atoms with E-state index in [2.05, 4.69) is 25.6 Å². The molecular weight excluding hydrogens is 170 g/mol. The number of nitrogens with two attached hydrogens (primary N) is 1. The fourth-order valence-corrected chi connectivity index (χ4v) is 1.01. The summed E-state index contributed by atoms with van der Waals surface area (Å²) in [5.74, 6) is 0.626. The molecule has 0 saturated carbocycles. The van der Waals surface area contributed by atoms with Gasteiger partial charge >= 0.3 is 0 Å². The predicted molar refractivity (Wildman–Crippen MR) is 43.4 cm³/mol. The van der Waals surface area contributed by atoms with E-state index in [1.165, 1.54) is 0 Å². The molecule has 0 unspecified atom stereocenters. The van der Waals surface area contributed by atoms with Crippen LogP contribution in [0.5, 0.6) is 0 Å². The Hall–Kier alpha value is -1.76. The molecule has 68 valence electrons. The lowest BCUT2D eigenvalue weighted by atomic mass is 10.5. The molecule has 0 aromatic carbocycles. The Morgan fingerprint density at radius 1 is 1.54 bits per heavy atom. The number of hydrogen-bond acceptors (Lipinski definition) is 5. The summed E-state index contributed by atoms with van der Waals surface area (Å²) < 4.78 is 1.85. The highest BCUT2D eigenvalue weighted by atomic mass is 15.5. The quantitative estimate of drug-likeness (QED) is 0.623. The van der Waals surface area contributed by atoms with Crippen LogP contribution in [0.3, 0.4) is 0 Å². The topological polar surface area (TPSA) is 98.3 Å². The number of imidazole rings is 1. The molecule has 2 aromatic rings. The molecule has 0 aliphatic heterocycles. The Balaban J connectivity index is 2.10. The molecular formula is C6H9N7. The molecule has 2 aromatic heterocycles. The zero-order valence-corrected chi connectivity index (χ0v) is 6.88. The van der Waals surface area contributed by atoms with Crippen molar-refractivity contribution in [3.05, 3.63) is 24.0 Å². The monoisotopic (exact) mass is 179 g/mol. The Morgan fingerprint density at radius 2 is 2.46 bits per heavy atom. The lowest BCUT2D eigenvalue weighted by Gasteiger charge is -1.93. The van der Waals surface area contributed by atoms with Crippen LogP contribution < -0.4 is 5.73 Å². The van der Waals surface area contributed by atoms with Gasteiger partial charge in [0.2, 0.25) is 0 Å². The van der Waals surface area contributed by atoms with Gasteiger partial charge in [-0.15, -0.1) is 10.2 Å². The number of nitrogens with zero attached hydrogens (tertiary/aromatic N) is 5. The molecule has 7 heteroatoms. The zero-order chi connectivity index (χ0) is 9.10. The van der Waals surface area contributed by atoms with E-state index in [1.807, 2.05) is 10.8 Å². The average molecular weight is 179 g/mol. The molecule has 7 nitrogen and oxygen atoms in total. The molecule has 0 aliphatic rings. The van der Waals surface area contributed by atoms with Crippen molar-refractivity contribution in [2.75, 3.05) is 0 Å². The maximum Gasteiger partial charge on any atom is 0.194 e. The van der Waals surface area contributed by atoms with Crippen LogP contribution in [0.25, 0.3) is 0 Å². The van der Waals surface area contributed by atoms with Crippen LogP contribution >= 0.6 is 0 Å². The van der Waals surface area contributed by atoms with Crippen LogP contribution in [0.1, 0.15) is 11.5 Å². The van der Waals surface area contributed by atoms with Gasteiger partial charge in [0.05, 0.1) is 18.6 Å². The molecule has 2 rings (SSSR count). The van der Waals surface area contributed by atoms with Crippen molar-refractivity contribution in [3.8, 4) is 0 Å². The molecule has 0 saturated heterocycles. The minimum absolute atomic E-state index is 0.444. The molecule has 0 aliphatic carbocycles. The molecule has 0 fully saturated rings. The summed E-state index contributed by atoms with van der Waals surface area (Å²) in [5, 5.41) is 13.5. The second kappa shape index (κ2) is 3.31. The number of aromatic amines is 1. The van der Waals surface area contributed by atoms with Gasteiger partial charge in [-0.25, -0.2) is 4.98 Å². The summed E-state index contributed by atoms with van der Waals surface area (Å²) in [4.78, 5) is 4.07. The zero-order valence-electron chi connectivity index (χ0n) is 6.88. The van der Waals surface area contributed by atoms with Gasteiger partial charge in [-0.2, -0.15) is 5.21 Å². The highest BCUT2D eigenvalue weighted by molar-refractivity contribution is 4.97. The van der Waals surface area contributed by atoms with Crippen molar-refractivity contribution in [2.45, 2.75) is 13.1 Å². The van der Waals surface area contributed by atoms with Crippen LogP contribution in [0.15, 0.2) is 12.5 Å². The number of aromatic nitrogens is 6. The van der Waals surface area contributed by atoms with Crippen molar-refractivity contribution >= 4 is 0 Å². The number of hydrogen-bond donors (Lipinski definition) is 2. The predicted octanol–water partition coefficient (Wildman–Crippen LogP) is -1.10. The van der Waals surface area contributed by atoms with Crippen LogP contribution in [0.4, 0.5) is 0 Å². The molecule has 0 amide bonds. The minimum atomic E-state index is 0.444. The normalized spacial score (nSPS) is 10.5. The third-order valence-corrected chi connectivity index (χ3v) is 1.61. The van der Waals surface area contributed by atoms with Gasteiger partial charge in [0.15, 0.2) is 5.82 Å². The van der Waals surface area contributed by atoms with E-state index in [0.29, 0.717) is 18.9 Å². The summed E-state index contributed by atoms with van der Waals surface area (Å²) in [7, 11) is 0. The molecule has 0 bridgehead atoms. The van der Waals surface area contributed by atoms with Crippen LogP contribution in [0.2, 0.25) is 0 Å². The summed E-state index contributed by atoms with van der Waals surface area (Å²) >= 11 is 0. The highest BCUT2D eigenvalue weighted by Crippen LogP contribution is 1.96. The van der Waals surface area contributed by atoms with Crippen molar-refractivity contribution in [1.29, 1.82) is 0 Å². The van der Waals surface area contributed by atoms with Gasteiger partial charge < -0.3 is 10.3 Å². The molecule has 0 atom stereocenters. The molecule has 13 heavy (non-hydrogen) atoms. The van der Waals surface area contributed by atoms with E-state index < -0.39 is 0 Å². The summed E-state index contributed by atoms with van der Waals surface area (Å²) in [6.07, 6.45) is 3.55. The van der Waals surface area contributed by atoms with Gasteiger partial charge in [0, 0.05) is 12.7 Å². The maximum absolute atomic E-state index is 5.41. The second-order valence-electron chi connectivity index (χ2n) is 2.57. The lowest BCUT2D eigenvalue weighted by molar-refractivity contribution is 0.744. The van der Waals surface area contributed by atoms with E-state index in [9.17, 15) is 0 Å². The highest BCUT2D eigenvalue weighted by Gasteiger charge is 2.00. The van der Waals surface area contributed by atoms with E-state index in [4.69, 9.17) is 5.73 Å². The van der Waals surface area contributed by atoms with Gasteiger partial charge in [0.25, 0.3) is 0 Å². The fourth-order valence-electron chi connectivity index (χ4n) is 1.01. The van der Waals surface area contributed by atoms with Gasteiger partial charge in [-0.3, -0.25) is 0 Å². The standard InChI is InChI=1S/C6H9N7/c7-1-5-2-13(4-8-5)3-6-9-11-12-10-6/h2,4H,1,3,7H2,(H,9,10,11,12). The largest absolute Gasteiger partial charge is 0.329 e. The third-order valence-electron chi connectivity index (χ3n) is 1.61. The number of H-pyrrole nitrogens is 1. The van der Waals surface area contributed by atoms with Gasteiger partial charge in [0.1, 0.15) is 0 Å². The van der Waals surface area contributed by atoms with Crippen molar-refractivity contribution in [3.63, 3.8) is 0 Å². The smallest absolute Gasteiger partial charge is 0.194 e. The Kier molecular flexibility index (Phi) is 2.01. The van der Waals surface area contributed by atoms with Crippen molar-refractivity contribution in [1.82, 2.24) is 30.2 Å². The Labute approximate surface area is 74.0 Å². The third kappa shape index (κ3) is 1.70. The second-order valence-corrected chi connectivity index (χ2v) is 2.57. The average Bonchev–Trinajstić information content (AvgIpc) is 2.76. The molecule has 2 heterocycles. The SMILES string of the molecule is NCc1cn(Cc2nn[nH]n2)cn1. The fraction of sp³-hybridized carbons (Fsp3) is 0.333. The molecule has 0 radical (unpaired) electrons. The number of nitrogens with one attached hydrogen (secondary N) is 1. The van der Waals surface area contributed by atoms with Crippen LogP contribution in [-0.2, 0) is 13.1 Å². The first-order valence-electron chi connectivity index (χ1n) is 3.81. The van der Waals surface area contributed by atoms with Gasteiger partial charge in [-0.1, -0.05) is 5.21 Å². The first kappa shape index (κ1) is 7.87. The van der Waals surface area contributed by atoms with Gasteiger partial charge in [-0.05, 0) is 0 Å². The van der Waals surface area contributed by atoms with E-state index in [1.54, 1.807) is 6.33 Å². The molecule has 3 N–H and O–H groups in total. The summed E-state index contributed by atoms with van der Waals surface area (Å²) in [5.41, 5.74) is 6.26. The van der Waals surface area contributed by atoms with Crippen LogP contribution in [0, 0.1) is 0 Å². The number of rotatable bonds is 3. The first-order chi connectivity index (χ1) is 6.38. The minimum Gasteiger partial charge on any atom is -0.329 e. The maximum atomic E-state index is 5.41. The van der Waals surface area contributed by atoms with Crippen LogP contribution in [-0.4, -0.2) is 30.2 Å². The van der Waals surface area contributed by atoms with E-state index in [-0.39, 0.29) is 0 Å². The molecule has 0 spiro atoms. The summed E-state index contributed by atoms with van der Waals surface area (Å²) in [6.45, 7) is 1.00. The Morgan fingerprint density at radius 3 is 3.08 bits per heavy atom.